The number of nitrogens with zero attached hydrogens (tertiary/aromatic N) is 1. The highest BCUT2D eigenvalue weighted by atomic mass is 16.5. The molecule has 1 fully saturated rings. The Bertz CT molecular complexity index is 588. The van der Waals surface area contributed by atoms with Crippen LogP contribution in [0.4, 0.5) is 4.79 Å². The molecule has 0 aromatic heterocycles. The zero-order chi connectivity index (χ0) is 17.9. The Hall–Kier alpha value is -2.71. The fourth-order valence-electron chi connectivity index (χ4n) is 2.80. The Balaban J connectivity index is 1.93. The fourth-order valence-corrected chi connectivity index (χ4v) is 2.80. The molecule has 1 aliphatic heterocycles. The van der Waals surface area contributed by atoms with Gasteiger partial charge in [-0.15, -0.1) is 0 Å². The van der Waals surface area contributed by atoms with Crippen LogP contribution in [0.25, 0.3) is 0 Å². The first-order valence-electron chi connectivity index (χ1n) is 7.57. The Kier molecular flexibility index (Phi) is 5.32. The number of esters is 1. The molecule has 3 atom stereocenters. The molecule has 0 spiro atoms. The Morgan fingerprint density at radius 1 is 1.21 bits per heavy atom. The van der Waals surface area contributed by atoms with Gasteiger partial charge in [-0.3, -0.25) is 24.6 Å². The van der Waals surface area contributed by atoms with E-state index in [1.54, 1.807) is 0 Å². The van der Waals surface area contributed by atoms with Gasteiger partial charge in [-0.05, 0) is 19.8 Å². The van der Waals surface area contributed by atoms with Gasteiger partial charge in [0.1, 0.15) is 6.04 Å². The summed E-state index contributed by atoms with van der Waals surface area (Å²) in [5.41, 5.74) is 0. The van der Waals surface area contributed by atoms with Gasteiger partial charge in [-0.2, -0.15) is 0 Å². The van der Waals surface area contributed by atoms with E-state index in [0.717, 1.165) is 4.90 Å². The Morgan fingerprint density at radius 2 is 1.75 bits per heavy atom. The molecule has 24 heavy (non-hydrogen) atoms. The molecule has 0 aromatic rings. The van der Waals surface area contributed by atoms with Crippen LogP contribution in [0.5, 0.6) is 0 Å². The van der Waals surface area contributed by atoms with Gasteiger partial charge < -0.3 is 10.1 Å². The summed E-state index contributed by atoms with van der Waals surface area (Å²) >= 11 is 0. The maximum Gasteiger partial charge on any atom is 0.329 e. The average molecular weight is 337 g/mol. The third kappa shape index (κ3) is 3.44. The van der Waals surface area contributed by atoms with Crippen LogP contribution in [0.15, 0.2) is 12.2 Å². The van der Waals surface area contributed by atoms with Crippen molar-refractivity contribution in [1.82, 2.24) is 15.5 Å². The normalized spacial score (nSPS) is 23.5. The summed E-state index contributed by atoms with van der Waals surface area (Å²) in [5.74, 6) is -3.35. The lowest BCUT2D eigenvalue weighted by atomic mass is 9.85. The highest BCUT2D eigenvalue weighted by molar-refractivity contribution is 6.08. The molecule has 1 aliphatic carbocycles. The molecule has 2 rings (SSSR count). The molecule has 0 bridgehead atoms. The van der Waals surface area contributed by atoms with Crippen molar-refractivity contribution in [1.29, 1.82) is 0 Å². The van der Waals surface area contributed by atoms with E-state index in [0.29, 0.717) is 12.8 Å². The van der Waals surface area contributed by atoms with E-state index in [4.69, 9.17) is 4.74 Å². The van der Waals surface area contributed by atoms with Crippen LogP contribution in [-0.2, 0) is 23.9 Å². The van der Waals surface area contributed by atoms with Crippen LogP contribution in [0.3, 0.4) is 0 Å². The number of nitrogens with one attached hydrogen (secondary N) is 2. The molecular formula is C15H19N3O6. The summed E-state index contributed by atoms with van der Waals surface area (Å²) < 4.78 is 4.78. The highest BCUT2D eigenvalue weighted by Gasteiger charge is 2.50. The predicted molar refractivity (Wildman–Crippen MR) is 80.2 cm³/mol. The van der Waals surface area contributed by atoms with Crippen LogP contribution in [0.1, 0.15) is 19.8 Å². The van der Waals surface area contributed by atoms with Gasteiger partial charge in [-0.25, -0.2) is 9.59 Å². The number of carbonyl (C=O) groups excluding carboxylic acids is 5. The van der Waals surface area contributed by atoms with Gasteiger partial charge >= 0.3 is 12.0 Å². The van der Waals surface area contributed by atoms with Crippen LogP contribution in [-0.4, -0.2) is 54.3 Å². The third-order valence-corrected chi connectivity index (χ3v) is 4.10. The van der Waals surface area contributed by atoms with E-state index >= 15 is 0 Å². The predicted octanol–water partition coefficient (Wildman–Crippen LogP) is -0.675. The smallest absolute Gasteiger partial charge is 0.329 e. The van der Waals surface area contributed by atoms with Crippen LogP contribution < -0.4 is 10.6 Å². The van der Waals surface area contributed by atoms with Crippen molar-refractivity contribution < 1.29 is 28.7 Å². The standard InChI is InChI=1S/C15H19N3O6/c1-8(14(22)24-7-11(19)17-15(23)16-2)18-12(20)9-5-3-4-6-10(9)13(18)21/h3-4,8-10H,5-7H2,1-2H3,(H2,16,17,19,23)/t8-,9+,10+/m0/s1. The molecule has 5 amide bonds. The van der Waals surface area contributed by atoms with Crippen molar-refractivity contribution in [2.24, 2.45) is 11.8 Å². The second-order valence-electron chi connectivity index (χ2n) is 5.61. The number of rotatable bonds is 4. The molecule has 0 unspecified atom stereocenters. The van der Waals surface area contributed by atoms with Crippen molar-refractivity contribution >= 4 is 29.7 Å². The fraction of sp³-hybridized carbons (Fsp3) is 0.533. The molecule has 0 saturated carbocycles. The quantitative estimate of drug-likeness (QED) is 0.398. The summed E-state index contributed by atoms with van der Waals surface area (Å²) in [6.45, 7) is 0.695. The Labute approximate surface area is 138 Å². The molecule has 0 radical (unpaired) electrons. The van der Waals surface area contributed by atoms with E-state index in [2.05, 4.69) is 5.32 Å². The lowest BCUT2D eigenvalue weighted by molar-refractivity contribution is -0.159. The van der Waals surface area contributed by atoms with Gasteiger partial charge in [0.25, 0.3) is 5.91 Å². The number of carbonyl (C=O) groups is 5. The minimum absolute atomic E-state index is 0.395. The van der Waals surface area contributed by atoms with E-state index in [1.807, 2.05) is 17.5 Å². The highest BCUT2D eigenvalue weighted by Crippen LogP contribution is 2.36. The third-order valence-electron chi connectivity index (χ3n) is 4.10. The first-order chi connectivity index (χ1) is 11.4. The van der Waals surface area contributed by atoms with Crippen LogP contribution in [0.2, 0.25) is 0 Å². The van der Waals surface area contributed by atoms with Gasteiger partial charge in [-0.1, -0.05) is 12.2 Å². The molecule has 0 aromatic carbocycles. The largest absolute Gasteiger partial charge is 0.454 e. The van der Waals surface area contributed by atoms with Crippen molar-refractivity contribution in [3.05, 3.63) is 12.2 Å². The monoisotopic (exact) mass is 337 g/mol. The zero-order valence-corrected chi connectivity index (χ0v) is 13.4. The molecule has 130 valence electrons. The molecule has 9 heteroatoms. The minimum Gasteiger partial charge on any atom is -0.454 e. The van der Waals surface area contributed by atoms with Crippen LogP contribution >= 0.6 is 0 Å². The van der Waals surface area contributed by atoms with Crippen LogP contribution in [0, 0.1) is 11.8 Å². The first kappa shape index (κ1) is 17.6. The number of ether oxygens (including phenoxy) is 1. The summed E-state index contributed by atoms with van der Waals surface area (Å²) in [5, 5.41) is 4.11. The number of urea groups is 1. The Morgan fingerprint density at radius 3 is 2.25 bits per heavy atom. The number of hydrogen-bond acceptors (Lipinski definition) is 6. The van der Waals surface area contributed by atoms with Gasteiger partial charge in [0.05, 0.1) is 11.8 Å². The van der Waals surface area contributed by atoms with Crippen molar-refractivity contribution in [3.63, 3.8) is 0 Å². The average Bonchev–Trinajstić information content (AvgIpc) is 2.83. The second-order valence-corrected chi connectivity index (χ2v) is 5.61. The lowest BCUT2D eigenvalue weighted by Crippen LogP contribution is -2.46. The van der Waals surface area contributed by atoms with Crippen molar-refractivity contribution in [3.8, 4) is 0 Å². The summed E-state index contributed by atoms with van der Waals surface area (Å²) in [4.78, 5) is 60.0. The molecule has 2 N–H and O–H groups in total. The van der Waals surface area contributed by atoms with Gasteiger partial charge in [0.15, 0.2) is 6.61 Å². The maximum absolute atomic E-state index is 12.3. The number of hydrogen-bond donors (Lipinski definition) is 2. The summed E-state index contributed by atoms with van der Waals surface area (Å²) in [6, 6.07) is -1.85. The maximum atomic E-state index is 12.3. The second kappa shape index (κ2) is 7.24. The van der Waals surface area contributed by atoms with E-state index in [1.165, 1.54) is 14.0 Å². The first-order valence-corrected chi connectivity index (χ1v) is 7.57. The lowest BCUT2D eigenvalue weighted by Gasteiger charge is -2.21. The number of imide groups is 2. The molecule has 9 nitrogen and oxygen atoms in total. The SMILES string of the molecule is CNC(=O)NC(=O)COC(=O)[C@H](C)N1C(=O)[C@@H]2CC=CC[C@H]2C1=O. The molecular weight excluding hydrogens is 318 g/mol. The summed E-state index contributed by atoms with van der Waals surface area (Å²) in [6.07, 6.45) is 4.65. The minimum atomic E-state index is -1.12. The van der Waals surface area contributed by atoms with Gasteiger partial charge in [0, 0.05) is 7.05 Å². The molecule has 1 saturated heterocycles. The molecule has 1 heterocycles. The summed E-state index contributed by atoms with van der Waals surface area (Å²) in [7, 11) is 1.33. The number of likely N-dealkylation sites (tertiary alicyclic amines) is 1. The number of allylic oxidation sites excluding steroid dienone is 2. The van der Waals surface area contributed by atoms with E-state index < -0.39 is 54.2 Å². The molecule has 2 aliphatic rings. The van der Waals surface area contributed by atoms with E-state index in [-0.39, 0.29) is 0 Å². The van der Waals surface area contributed by atoms with Gasteiger partial charge in [0.2, 0.25) is 11.8 Å². The number of amides is 5. The van der Waals surface area contributed by atoms with Crippen molar-refractivity contribution in [2.75, 3.05) is 13.7 Å². The zero-order valence-electron chi connectivity index (χ0n) is 13.4. The number of fused-ring (bicyclic) bond motifs is 1. The topological polar surface area (TPSA) is 122 Å². The van der Waals surface area contributed by atoms with Crippen molar-refractivity contribution in [2.45, 2.75) is 25.8 Å². The van der Waals surface area contributed by atoms with E-state index in [9.17, 15) is 24.0 Å².